The molecule has 4 rings (SSSR count). The molecule has 0 aromatic heterocycles. The molecule has 130 valence electrons. The van der Waals surface area contributed by atoms with E-state index >= 15 is 0 Å². The molecule has 3 atom stereocenters. The summed E-state index contributed by atoms with van der Waals surface area (Å²) in [6, 6.07) is 20.2. The van der Waals surface area contributed by atoms with Crippen molar-refractivity contribution in [1.29, 1.82) is 0 Å². The Balaban J connectivity index is 1.74. The molecule has 2 aliphatic rings. The predicted molar refractivity (Wildman–Crippen MR) is 102 cm³/mol. The Kier molecular flexibility index (Phi) is 4.56. The SMILES string of the molecule is O=C(c1ccccc1)N1CC[C@@]2(Cl)CCCC[C@@H]2[C@@H]1c1ccccc1. The number of amides is 1. The van der Waals surface area contributed by atoms with Crippen molar-refractivity contribution in [2.45, 2.75) is 43.0 Å². The van der Waals surface area contributed by atoms with E-state index in [1.54, 1.807) is 0 Å². The number of halogens is 1. The number of carbonyl (C=O) groups is 1. The van der Waals surface area contributed by atoms with Gasteiger partial charge in [0.05, 0.1) is 10.9 Å². The summed E-state index contributed by atoms with van der Waals surface area (Å²) in [5.74, 6) is 0.450. The van der Waals surface area contributed by atoms with Gasteiger partial charge in [-0.1, -0.05) is 61.4 Å². The minimum atomic E-state index is -0.160. The monoisotopic (exact) mass is 353 g/mol. The topological polar surface area (TPSA) is 20.3 Å². The Labute approximate surface area is 154 Å². The third kappa shape index (κ3) is 3.08. The van der Waals surface area contributed by atoms with E-state index in [0.717, 1.165) is 31.4 Å². The largest absolute Gasteiger partial charge is 0.331 e. The number of likely N-dealkylation sites (tertiary alicyclic amines) is 1. The van der Waals surface area contributed by atoms with Gasteiger partial charge in [0.15, 0.2) is 0 Å². The number of fused-ring (bicyclic) bond motifs is 1. The summed E-state index contributed by atoms with van der Waals surface area (Å²) >= 11 is 7.10. The van der Waals surface area contributed by atoms with Crippen molar-refractivity contribution in [2.24, 2.45) is 5.92 Å². The molecular weight excluding hydrogens is 330 g/mol. The van der Waals surface area contributed by atoms with Crippen molar-refractivity contribution < 1.29 is 4.79 Å². The average Bonchev–Trinajstić information content (AvgIpc) is 2.67. The van der Waals surface area contributed by atoms with Gasteiger partial charge in [0.2, 0.25) is 0 Å². The summed E-state index contributed by atoms with van der Waals surface area (Å²) in [4.78, 5) is 15.2. The van der Waals surface area contributed by atoms with Gasteiger partial charge < -0.3 is 4.90 Å². The standard InChI is InChI=1S/C22H24ClNO/c23-22-14-8-7-13-19(22)20(17-9-3-1-4-10-17)24(16-15-22)21(25)18-11-5-2-6-12-18/h1-6,9-12,19-20H,7-8,13-16H2/t19-,20+,22+/m1/s1. The Hall–Kier alpha value is -1.80. The number of carbonyl (C=O) groups excluding carboxylic acids is 1. The number of hydrogen-bond donors (Lipinski definition) is 0. The molecule has 0 bridgehead atoms. The van der Waals surface area contributed by atoms with Crippen molar-refractivity contribution in [3.05, 3.63) is 71.8 Å². The number of piperidine rings is 1. The zero-order valence-corrected chi connectivity index (χ0v) is 15.2. The maximum atomic E-state index is 13.2. The summed E-state index contributed by atoms with van der Waals surface area (Å²) in [6.07, 6.45) is 5.46. The fraction of sp³-hybridized carbons (Fsp3) is 0.409. The lowest BCUT2D eigenvalue weighted by atomic mass is 9.68. The first-order valence-corrected chi connectivity index (χ1v) is 9.67. The fourth-order valence-electron chi connectivity index (χ4n) is 4.68. The highest BCUT2D eigenvalue weighted by atomic mass is 35.5. The van der Waals surface area contributed by atoms with E-state index in [0.29, 0.717) is 5.92 Å². The zero-order valence-electron chi connectivity index (χ0n) is 14.4. The zero-order chi connectivity index (χ0) is 17.3. The summed E-state index contributed by atoms with van der Waals surface area (Å²) < 4.78 is 0. The highest BCUT2D eigenvalue weighted by molar-refractivity contribution is 6.24. The first kappa shape index (κ1) is 16.7. The van der Waals surface area contributed by atoms with Crippen LogP contribution in [0.1, 0.15) is 54.1 Å². The van der Waals surface area contributed by atoms with E-state index < -0.39 is 0 Å². The smallest absolute Gasteiger partial charge is 0.254 e. The number of hydrogen-bond acceptors (Lipinski definition) is 1. The molecule has 2 fully saturated rings. The van der Waals surface area contributed by atoms with E-state index in [4.69, 9.17) is 11.6 Å². The third-order valence-corrected chi connectivity index (χ3v) is 6.59. The maximum Gasteiger partial charge on any atom is 0.254 e. The van der Waals surface area contributed by atoms with Crippen LogP contribution in [0.3, 0.4) is 0 Å². The fourth-order valence-corrected chi connectivity index (χ4v) is 5.12. The van der Waals surface area contributed by atoms with Gasteiger partial charge in [0, 0.05) is 18.0 Å². The first-order valence-electron chi connectivity index (χ1n) is 9.29. The van der Waals surface area contributed by atoms with Crippen LogP contribution in [0.15, 0.2) is 60.7 Å². The second kappa shape index (κ2) is 6.84. The second-order valence-corrected chi connectivity index (χ2v) is 8.11. The van der Waals surface area contributed by atoms with Gasteiger partial charge in [-0.25, -0.2) is 0 Å². The van der Waals surface area contributed by atoms with Crippen molar-refractivity contribution >= 4 is 17.5 Å². The molecule has 2 aromatic carbocycles. The van der Waals surface area contributed by atoms with Gasteiger partial charge in [-0.2, -0.15) is 0 Å². The highest BCUT2D eigenvalue weighted by Gasteiger charge is 2.50. The molecule has 1 heterocycles. The van der Waals surface area contributed by atoms with E-state index in [1.165, 1.54) is 18.4 Å². The Morgan fingerprint density at radius 1 is 0.960 bits per heavy atom. The Morgan fingerprint density at radius 3 is 2.36 bits per heavy atom. The van der Waals surface area contributed by atoms with Crippen LogP contribution in [0.4, 0.5) is 0 Å². The third-order valence-electron chi connectivity index (χ3n) is 5.93. The first-order chi connectivity index (χ1) is 12.2. The van der Waals surface area contributed by atoms with E-state index in [9.17, 15) is 4.79 Å². The minimum absolute atomic E-state index is 0.0699. The second-order valence-electron chi connectivity index (χ2n) is 7.36. The number of alkyl halides is 1. The van der Waals surface area contributed by atoms with Gasteiger partial charge in [-0.3, -0.25) is 4.79 Å². The van der Waals surface area contributed by atoms with Crippen molar-refractivity contribution in [3.63, 3.8) is 0 Å². The lowest BCUT2D eigenvalue weighted by molar-refractivity contribution is 0.0279. The number of benzene rings is 2. The van der Waals surface area contributed by atoms with Crippen LogP contribution in [0.25, 0.3) is 0 Å². The molecule has 3 heteroatoms. The average molecular weight is 354 g/mol. The van der Waals surface area contributed by atoms with Gasteiger partial charge in [0.25, 0.3) is 5.91 Å². The van der Waals surface area contributed by atoms with Crippen LogP contribution >= 0.6 is 11.6 Å². The molecule has 0 spiro atoms. The van der Waals surface area contributed by atoms with Gasteiger partial charge in [0.1, 0.15) is 0 Å². The summed E-state index contributed by atoms with van der Waals surface area (Å²) in [7, 11) is 0. The van der Waals surface area contributed by atoms with Crippen LogP contribution in [-0.4, -0.2) is 22.2 Å². The van der Waals surface area contributed by atoms with Crippen molar-refractivity contribution in [1.82, 2.24) is 4.90 Å². The van der Waals surface area contributed by atoms with Crippen LogP contribution < -0.4 is 0 Å². The number of rotatable bonds is 2. The molecule has 1 aliphatic heterocycles. The molecule has 1 aliphatic carbocycles. The minimum Gasteiger partial charge on any atom is -0.331 e. The van der Waals surface area contributed by atoms with E-state index in [1.807, 2.05) is 36.4 Å². The molecule has 1 amide bonds. The molecule has 0 unspecified atom stereocenters. The summed E-state index contributed by atoms with van der Waals surface area (Å²) in [5.41, 5.74) is 1.98. The molecule has 0 N–H and O–H groups in total. The summed E-state index contributed by atoms with van der Waals surface area (Å²) in [6.45, 7) is 0.729. The Bertz CT molecular complexity index is 732. The van der Waals surface area contributed by atoms with Crippen molar-refractivity contribution in [2.75, 3.05) is 6.54 Å². The van der Waals surface area contributed by atoms with E-state index in [2.05, 4.69) is 29.2 Å². The molecule has 2 nitrogen and oxygen atoms in total. The highest BCUT2D eigenvalue weighted by Crippen LogP contribution is 2.52. The van der Waals surface area contributed by atoms with E-state index in [-0.39, 0.29) is 16.8 Å². The van der Waals surface area contributed by atoms with Crippen LogP contribution in [0.2, 0.25) is 0 Å². The van der Waals surface area contributed by atoms with Gasteiger partial charge >= 0.3 is 0 Å². The number of nitrogens with zero attached hydrogens (tertiary/aromatic N) is 1. The maximum absolute atomic E-state index is 13.2. The van der Waals surface area contributed by atoms with Crippen molar-refractivity contribution in [3.8, 4) is 0 Å². The van der Waals surface area contributed by atoms with Gasteiger partial charge in [-0.05, 0) is 37.0 Å². The van der Waals surface area contributed by atoms with Crippen LogP contribution in [0, 0.1) is 5.92 Å². The molecule has 2 aromatic rings. The normalized spacial score (nSPS) is 29.1. The Morgan fingerprint density at radius 2 is 1.64 bits per heavy atom. The van der Waals surface area contributed by atoms with Gasteiger partial charge in [-0.15, -0.1) is 11.6 Å². The van der Waals surface area contributed by atoms with Crippen LogP contribution in [0.5, 0.6) is 0 Å². The lowest BCUT2D eigenvalue weighted by Crippen LogP contribution is -2.53. The molecule has 25 heavy (non-hydrogen) atoms. The quantitative estimate of drug-likeness (QED) is 0.658. The summed E-state index contributed by atoms with van der Waals surface area (Å²) in [5, 5.41) is 0. The molecule has 0 radical (unpaired) electrons. The predicted octanol–water partition coefficient (Wildman–Crippen LogP) is 5.44. The van der Waals surface area contributed by atoms with Crippen LogP contribution in [-0.2, 0) is 0 Å². The molecule has 1 saturated heterocycles. The molecule has 1 saturated carbocycles. The molecular formula is C22H24ClNO. The lowest BCUT2D eigenvalue weighted by Gasteiger charge is -2.52.